The zero-order chi connectivity index (χ0) is 24.8. The lowest BCUT2D eigenvalue weighted by atomic mass is 9.81. The molecule has 0 unspecified atom stereocenters. The number of nitrogens with zero attached hydrogens (tertiary/aromatic N) is 4. The number of hydrogen-bond acceptors (Lipinski definition) is 6. The predicted octanol–water partition coefficient (Wildman–Crippen LogP) is 3.84. The molecule has 35 heavy (non-hydrogen) atoms. The maximum absolute atomic E-state index is 12.1. The standard InChI is InChI=1S/C27H36N4O4/c1-30-16-13-29-26(30)5-3-4-14-31-15-11-19(23(18-31)27(33)34)6-9-25(32)21-10-12-28-24-8-7-20(35-2)17-22(21)24/h7-8,10,12-13,16-17,19,23,25,32H,3-6,9,11,14-15,18H2,1-2H3,(H,33,34)/t19-,23+,25+/m1/s1. The number of hydrogen-bond donors (Lipinski definition) is 2. The number of aliphatic carboxylic acids is 1. The fourth-order valence-corrected chi connectivity index (χ4v) is 5.24. The van der Waals surface area contributed by atoms with E-state index >= 15 is 0 Å². The van der Waals surface area contributed by atoms with E-state index in [1.54, 1.807) is 13.3 Å². The van der Waals surface area contributed by atoms with Crippen molar-refractivity contribution in [3.05, 3.63) is 54.2 Å². The van der Waals surface area contributed by atoms with Crippen LogP contribution in [0.2, 0.25) is 0 Å². The minimum Gasteiger partial charge on any atom is -0.497 e. The van der Waals surface area contributed by atoms with Crippen molar-refractivity contribution < 1.29 is 19.7 Å². The molecule has 3 aromatic rings. The molecule has 8 heteroatoms. The summed E-state index contributed by atoms with van der Waals surface area (Å²) in [7, 11) is 3.63. The third kappa shape index (κ3) is 6.18. The molecule has 0 aliphatic carbocycles. The van der Waals surface area contributed by atoms with E-state index in [-0.39, 0.29) is 5.92 Å². The van der Waals surface area contributed by atoms with Crippen LogP contribution in [0, 0.1) is 11.8 Å². The van der Waals surface area contributed by atoms with Crippen LogP contribution in [-0.2, 0) is 18.3 Å². The molecule has 0 bridgehead atoms. The van der Waals surface area contributed by atoms with E-state index in [1.807, 2.05) is 48.3 Å². The van der Waals surface area contributed by atoms with Crippen molar-refractivity contribution in [2.75, 3.05) is 26.7 Å². The lowest BCUT2D eigenvalue weighted by molar-refractivity contribution is -0.146. The van der Waals surface area contributed by atoms with E-state index in [0.29, 0.717) is 19.4 Å². The van der Waals surface area contributed by atoms with Crippen molar-refractivity contribution in [2.45, 2.75) is 44.6 Å². The van der Waals surface area contributed by atoms with Gasteiger partial charge in [-0.3, -0.25) is 9.78 Å². The maximum atomic E-state index is 12.1. The van der Waals surface area contributed by atoms with Crippen LogP contribution in [-0.4, -0.2) is 62.4 Å². The number of benzene rings is 1. The van der Waals surface area contributed by atoms with Crippen molar-refractivity contribution in [1.29, 1.82) is 0 Å². The number of aryl methyl sites for hydroxylation is 2. The summed E-state index contributed by atoms with van der Waals surface area (Å²) in [6.45, 7) is 2.39. The number of carboxylic acids is 1. The Morgan fingerprint density at radius 2 is 2.09 bits per heavy atom. The van der Waals surface area contributed by atoms with Crippen LogP contribution in [0.5, 0.6) is 5.75 Å². The average Bonchev–Trinajstić information content (AvgIpc) is 3.29. The summed E-state index contributed by atoms with van der Waals surface area (Å²) in [5.74, 6) is 0.734. The third-order valence-electron chi connectivity index (χ3n) is 7.36. The first kappa shape index (κ1) is 25.1. The maximum Gasteiger partial charge on any atom is 0.308 e. The van der Waals surface area contributed by atoms with Crippen LogP contribution in [0.15, 0.2) is 42.9 Å². The van der Waals surface area contributed by atoms with Crippen molar-refractivity contribution in [1.82, 2.24) is 19.4 Å². The van der Waals surface area contributed by atoms with Crippen molar-refractivity contribution in [2.24, 2.45) is 18.9 Å². The molecule has 188 valence electrons. The summed E-state index contributed by atoms with van der Waals surface area (Å²) in [5, 5.41) is 21.8. The number of fused-ring (bicyclic) bond motifs is 1. The first-order valence-corrected chi connectivity index (χ1v) is 12.5. The lowest BCUT2D eigenvalue weighted by Gasteiger charge is -2.37. The average molecular weight is 481 g/mol. The molecule has 0 amide bonds. The van der Waals surface area contributed by atoms with E-state index in [9.17, 15) is 15.0 Å². The molecule has 0 spiro atoms. The number of likely N-dealkylation sites (tertiary alicyclic amines) is 1. The van der Waals surface area contributed by atoms with Crippen LogP contribution >= 0.6 is 0 Å². The van der Waals surface area contributed by atoms with Gasteiger partial charge >= 0.3 is 5.97 Å². The number of aliphatic hydroxyl groups is 1. The number of pyridine rings is 1. The fourth-order valence-electron chi connectivity index (χ4n) is 5.24. The number of aliphatic hydroxyl groups excluding tert-OH is 1. The zero-order valence-electron chi connectivity index (χ0n) is 20.6. The number of aromatic nitrogens is 3. The molecular formula is C27H36N4O4. The van der Waals surface area contributed by atoms with E-state index in [2.05, 4.69) is 14.9 Å². The van der Waals surface area contributed by atoms with Crippen molar-refractivity contribution >= 4 is 16.9 Å². The number of unbranched alkanes of at least 4 members (excludes halogenated alkanes) is 1. The number of carbonyl (C=O) groups is 1. The molecule has 8 nitrogen and oxygen atoms in total. The second-order valence-corrected chi connectivity index (χ2v) is 9.58. The fraction of sp³-hybridized carbons (Fsp3) is 0.519. The smallest absolute Gasteiger partial charge is 0.308 e. The van der Waals surface area contributed by atoms with Gasteiger partial charge in [-0.15, -0.1) is 0 Å². The van der Waals surface area contributed by atoms with E-state index in [1.165, 1.54) is 0 Å². The highest BCUT2D eigenvalue weighted by atomic mass is 16.5. The third-order valence-corrected chi connectivity index (χ3v) is 7.36. The van der Waals surface area contributed by atoms with Gasteiger partial charge in [0.2, 0.25) is 0 Å². The highest BCUT2D eigenvalue weighted by molar-refractivity contribution is 5.83. The Balaban J connectivity index is 1.30. The molecular weight excluding hydrogens is 444 g/mol. The second-order valence-electron chi connectivity index (χ2n) is 9.58. The zero-order valence-corrected chi connectivity index (χ0v) is 20.6. The molecule has 0 saturated carbocycles. The summed E-state index contributed by atoms with van der Waals surface area (Å²) in [6, 6.07) is 7.48. The summed E-state index contributed by atoms with van der Waals surface area (Å²) in [6.07, 6.45) is 9.87. The van der Waals surface area contributed by atoms with Crippen LogP contribution < -0.4 is 4.74 Å². The number of piperidine rings is 1. The summed E-state index contributed by atoms with van der Waals surface area (Å²) >= 11 is 0. The molecule has 3 heterocycles. The van der Waals surface area contributed by atoms with Gasteiger partial charge < -0.3 is 24.4 Å². The monoisotopic (exact) mass is 480 g/mol. The first-order chi connectivity index (χ1) is 17.0. The molecule has 1 fully saturated rings. The van der Waals surface area contributed by atoms with E-state index in [0.717, 1.165) is 66.8 Å². The molecule has 1 aliphatic rings. The molecule has 2 aromatic heterocycles. The second kappa shape index (κ2) is 11.6. The van der Waals surface area contributed by atoms with E-state index < -0.39 is 18.0 Å². The van der Waals surface area contributed by atoms with Gasteiger partial charge in [0.15, 0.2) is 0 Å². The number of methoxy groups -OCH3 is 1. The summed E-state index contributed by atoms with van der Waals surface area (Å²) in [5.41, 5.74) is 1.62. The number of ether oxygens (including phenoxy) is 1. The van der Waals surface area contributed by atoms with Crippen LogP contribution in [0.1, 0.15) is 49.6 Å². The van der Waals surface area contributed by atoms with Gasteiger partial charge in [-0.25, -0.2) is 4.98 Å². The van der Waals surface area contributed by atoms with Gasteiger partial charge in [-0.1, -0.05) is 0 Å². The number of rotatable bonds is 11. The van der Waals surface area contributed by atoms with Gasteiger partial charge in [0, 0.05) is 44.0 Å². The molecule has 0 radical (unpaired) electrons. The topological polar surface area (TPSA) is 101 Å². The van der Waals surface area contributed by atoms with Crippen LogP contribution in [0.3, 0.4) is 0 Å². The quantitative estimate of drug-likeness (QED) is 0.402. The lowest BCUT2D eigenvalue weighted by Crippen LogP contribution is -2.44. The minimum atomic E-state index is -0.735. The Kier molecular flexibility index (Phi) is 8.36. The van der Waals surface area contributed by atoms with Crippen molar-refractivity contribution in [3.8, 4) is 5.75 Å². The van der Waals surface area contributed by atoms with Crippen LogP contribution in [0.25, 0.3) is 10.9 Å². The predicted molar refractivity (Wildman–Crippen MR) is 134 cm³/mol. The van der Waals surface area contributed by atoms with Gasteiger partial charge in [0.05, 0.1) is 24.6 Å². The Bertz CT molecular complexity index is 1130. The van der Waals surface area contributed by atoms with E-state index in [4.69, 9.17) is 4.74 Å². The Morgan fingerprint density at radius 3 is 2.83 bits per heavy atom. The highest BCUT2D eigenvalue weighted by Crippen LogP contribution is 2.33. The largest absolute Gasteiger partial charge is 0.497 e. The Labute approximate surface area is 206 Å². The normalized spacial score (nSPS) is 19.6. The van der Waals surface area contributed by atoms with Gasteiger partial charge in [-0.2, -0.15) is 0 Å². The molecule has 3 atom stereocenters. The minimum absolute atomic E-state index is 0.0635. The number of imidazole rings is 1. The van der Waals surface area contributed by atoms with Gasteiger partial charge in [-0.05, 0) is 80.9 Å². The molecule has 1 aromatic carbocycles. The summed E-state index contributed by atoms with van der Waals surface area (Å²) in [4.78, 5) is 23.1. The molecule has 4 rings (SSSR count). The van der Waals surface area contributed by atoms with Gasteiger partial charge in [0.25, 0.3) is 0 Å². The Hall–Kier alpha value is -2.97. The molecule has 1 aliphatic heterocycles. The van der Waals surface area contributed by atoms with Crippen molar-refractivity contribution in [3.63, 3.8) is 0 Å². The molecule has 2 N–H and O–H groups in total. The summed E-state index contributed by atoms with van der Waals surface area (Å²) < 4.78 is 7.39. The van der Waals surface area contributed by atoms with Gasteiger partial charge in [0.1, 0.15) is 11.6 Å². The van der Waals surface area contributed by atoms with Crippen LogP contribution in [0.4, 0.5) is 0 Å². The number of carboxylic acid groups (broad SMARTS) is 1. The molecule has 1 saturated heterocycles. The highest BCUT2D eigenvalue weighted by Gasteiger charge is 2.34. The Morgan fingerprint density at radius 1 is 1.23 bits per heavy atom. The first-order valence-electron chi connectivity index (χ1n) is 12.5. The SMILES string of the molecule is COc1ccc2nccc([C@@H](O)CC[C@@H]3CCN(CCCCc4nccn4C)C[C@@H]3C(=O)O)c2c1.